The van der Waals surface area contributed by atoms with E-state index in [1.54, 1.807) is 43.2 Å². The number of hydrogen-bond acceptors (Lipinski definition) is 4. The van der Waals surface area contributed by atoms with Gasteiger partial charge in [0.05, 0.1) is 0 Å². The number of benzene rings is 1. The number of aromatic nitrogens is 1. The number of hydrogen-bond donors (Lipinski definition) is 3. The van der Waals surface area contributed by atoms with Gasteiger partial charge in [0, 0.05) is 38.5 Å². The van der Waals surface area contributed by atoms with Crippen molar-refractivity contribution >= 4 is 53.4 Å². The molecule has 1 amide bonds. The Balaban J connectivity index is 0.00000420. The molecule has 29 heavy (non-hydrogen) atoms. The summed E-state index contributed by atoms with van der Waals surface area (Å²) in [6.45, 7) is 2.89. The number of carbonyl (C=O) groups excluding carboxylic acids is 1. The lowest BCUT2D eigenvalue weighted by Crippen LogP contribution is -2.38. The van der Waals surface area contributed by atoms with Gasteiger partial charge in [-0.25, -0.2) is 9.37 Å². The molecule has 2 aromatic rings. The van der Waals surface area contributed by atoms with E-state index >= 15 is 0 Å². The van der Waals surface area contributed by atoms with E-state index < -0.39 is 0 Å². The molecule has 0 saturated heterocycles. The van der Waals surface area contributed by atoms with E-state index in [9.17, 15) is 9.18 Å². The Kier molecular flexibility index (Phi) is 11.6. The number of anilines is 1. The summed E-state index contributed by atoms with van der Waals surface area (Å²) < 4.78 is 13.4. The number of amides is 1. The fourth-order valence-electron chi connectivity index (χ4n) is 2.50. The predicted molar refractivity (Wildman–Crippen MR) is 129 cm³/mol. The third-order valence-corrected chi connectivity index (χ3v) is 4.56. The smallest absolute Gasteiger partial charge is 0.227 e. The standard InChI is InChI=1S/C20H26FN5OS.HI/c1-14-4-7-18(24-11-14)26-19(27)8-9-23-20(22-2)25-12-15-5-6-17(21)10-16(15)13-28-3;/h4-7,10-11H,8-9,12-13H2,1-3H3,(H2,22,23,25)(H,24,26,27);1H. The van der Waals surface area contributed by atoms with Gasteiger partial charge in [0.25, 0.3) is 0 Å². The first-order valence-electron chi connectivity index (χ1n) is 8.95. The molecule has 0 saturated carbocycles. The molecule has 3 N–H and O–H groups in total. The highest BCUT2D eigenvalue weighted by Crippen LogP contribution is 2.16. The van der Waals surface area contributed by atoms with Crippen LogP contribution in [0.3, 0.4) is 0 Å². The second-order valence-electron chi connectivity index (χ2n) is 6.22. The predicted octanol–water partition coefficient (Wildman–Crippen LogP) is 3.70. The monoisotopic (exact) mass is 531 g/mol. The number of nitrogens with one attached hydrogen (secondary N) is 3. The van der Waals surface area contributed by atoms with E-state index in [-0.39, 0.29) is 42.1 Å². The molecule has 1 aromatic heterocycles. The maximum absolute atomic E-state index is 13.4. The number of pyridine rings is 1. The molecule has 0 aliphatic rings. The van der Waals surface area contributed by atoms with Crippen LogP contribution in [0.5, 0.6) is 0 Å². The van der Waals surface area contributed by atoms with Crippen molar-refractivity contribution in [2.75, 3.05) is 25.2 Å². The van der Waals surface area contributed by atoms with Crippen LogP contribution < -0.4 is 16.0 Å². The Morgan fingerprint density at radius 3 is 2.66 bits per heavy atom. The summed E-state index contributed by atoms with van der Waals surface area (Å²) in [5.74, 6) is 1.51. The molecule has 6 nitrogen and oxygen atoms in total. The van der Waals surface area contributed by atoms with Crippen molar-refractivity contribution in [3.05, 3.63) is 59.0 Å². The number of carbonyl (C=O) groups is 1. The number of aryl methyl sites for hydroxylation is 1. The van der Waals surface area contributed by atoms with E-state index in [0.29, 0.717) is 24.9 Å². The van der Waals surface area contributed by atoms with Crippen molar-refractivity contribution in [1.29, 1.82) is 0 Å². The van der Waals surface area contributed by atoms with Crippen molar-refractivity contribution in [3.8, 4) is 0 Å². The van der Waals surface area contributed by atoms with Gasteiger partial charge in [-0.1, -0.05) is 12.1 Å². The van der Waals surface area contributed by atoms with E-state index in [1.807, 2.05) is 19.2 Å². The fourth-order valence-corrected chi connectivity index (χ4v) is 3.08. The van der Waals surface area contributed by atoms with Crippen LogP contribution in [-0.4, -0.2) is 36.7 Å². The minimum Gasteiger partial charge on any atom is -0.356 e. The molecule has 1 aromatic carbocycles. The van der Waals surface area contributed by atoms with Crippen LogP contribution in [-0.2, 0) is 17.1 Å². The van der Waals surface area contributed by atoms with Gasteiger partial charge in [0.2, 0.25) is 5.91 Å². The van der Waals surface area contributed by atoms with Crippen LogP contribution in [0.2, 0.25) is 0 Å². The van der Waals surface area contributed by atoms with E-state index in [2.05, 4.69) is 25.9 Å². The lowest BCUT2D eigenvalue weighted by atomic mass is 10.1. The van der Waals surface area contributed by atoms with Crippen molar-refractivity contribution < 1.29 is 9.18 Å². The maximum Gasteiger partial charge on any atom is 0.227 e. The van der Waals surface area contributed by atoms with Crippen molar-refractivity contribution in [2.45, 2.75) is 25.6 Å². The van der Waals surface area contributed by atoms with Crippen molar-refractivity contribution in [1.82, 2.24) is 15.6 Å². The van der Waals surface area contributed by atoms with Gasteiger partial charge in [-0.15, -0.1) is 24.0 Å². The highest BCUT2D eigenvalue weighted by atomic mass is 127. The molecule has 0 bridgehead atoms. The maximum atomic E-state index is 13.4. The summed E-state index contributed by atoms with van der Waals surface area (Å²) in [5.41, 5.74) is 3.01. The second kappa shape index (κ2) is 13.4. The number of thioether (sulfide) groups is 1. The third kappa shape index (κ3) is 8.99. The van der Waals surface area contributed by atoms with Crippen molar-refractivity contribution in [2.24, 2.45) is 4.99 Å². The summed E-state index contributed by atoms with van der Waals surface area (Å²) in [7, 11) is 1.67. The number of guanidine groups is 1. The van der Waals surface area contributed by atoms with Gasteiger partial charge in [0.15, 0.2) is 5.96 Å². The van der Waals surface area contributed by atoms with Crippen LogP contribution in [0.4, 0.5) is 10.2 Å². The molecule has 9 heteroatoms. The van der Waals surface area contributed by atoms with Gasteiger partial charge in [-0.05, 0) is 48.1 Å². The molecule has 0 aliphatic heterocycles. The SMILES string of the molecule is CN=C(NCCC(=O)Nc1ccc(C)cn1)NCc1ccc(F)cc1CSC.I. The second-order valence-corrected chi connectivity index (χ2v) is 7.08. The number of nitrogens with zero attached hydrogens (tertiary/aromatic N) is 2. The summed E-state index contributed by atoms with van der Waals surface area (Å²) in [6.07, 6.45) is 3.98. The number of rotatable bonds is 8. The molecule has 0 radical (unpaired) electrons. The normalized spacial score (nSPS) is 10.8. The molecule has 158 valence electrons. The Labute approximate surface area is 192 Å². The zero-order valence-corrected chi connectivity index (χ0v) is 19.9. The molecule has 0 aliphatic carbocycles. The van der Waals surface area contributed by atoms with E-state index in [4.69, 9.17) is 0 Å². The number of halogens is 2. The first-order chi connectivity index (χ1) is 13.5. The summed E-state index contributed by atoms with van der Waals surface area (Å²) in [6, 6.07) is 8.47. The van der Waals surface area contributed by atoms with Gasteiger partial charge in [-0.2, -0.15) is 11.8 Å². The fraction of sp³-hybridized carbons (Fsp3) is 0.350. The van der Waals surface area contributed by atoms with Crippen LogP contribution in [0.25, 0.3) is 0 Å². The van der Waals surface area contributed by atoms with Gasteiger partial charge in [0.1, 0.15) is 11.6 Å². The summed E-state index contributed by atoms with van der Waals surface area (Å²) >= 11 is 1.65. The molecule has 2 rings (SSSR count). The zero-order valence-electron chi connectivity index (χ0n) is 16.8. The minimum atomic E-state index is -0.232. The molecule has 0 fully saturated rings. The first kappa shape index (κ1) is 25.2. The highest BCUT2D eigenvalue weighted by molar-refractivity contribution is 14.0. The van der Waals surface area contributed by atoms with Gasteiger partial charge >= 0.3 is 0 Å². The van der Waals surface area contributed by atoms with Crippen LogP contribution >= 0.6 is 35.7 Å². The quantitative estimate of drug-likeness (QED) is 0.275. The van der Waals surface area contributed by atoms with Crippen LogP contribution in [0, 0.1) is 12.7 Å². The Bertz CT molecular complexity index is 817. The topological polar surface area (TPSA) is 78.4 Å². The van der Waals surface area contributed by atoms with E-state index in [0.717, 1.165) is 22.4 Å². The molecule has 0 unspecified atom stereocenters. The average Bonchev–Trinajstić information content (AvgIpc) is 2.68. The Morgan fingerprint density at radius 1 is 1.21 bits per heavy atom. The molecule has 0 atom stereocenters. The first-order valence-corrected chi connectivity index (χ1v) is 10.3. The average molecular weight is 531 g/mol. The van der Waals surface area contributed by atoms with Crippen LogP contribution in [0.1, 0.15) is 23.1 Å². The lowest BCUT2D eigenvalue weighted by Gasteiger charge is -2.14. The van der Waals surface area contributed by atoms with Crippen molar-refractivity contribution in [3.63, 3.8) is 0 Å². The molecule has 1 heterocycles. The Hall–Kier alpha value is -1.88. The molecule has 0 spiro atoms. The third-order valence-electron chi connectivity index (χ3n) is 3.96. The minimum absolute atomic E-state index is 0. The van der Waals surface area contributed by atoms with Gasteiger partial charge in [-0.3, -0.25) is 9.79 Å². The summed E-state index contributed by atoms with van der Waals surface area (Å²) in [5, 5.41) is 9.06. The van der Waals surface area contributed by atoms with E-state index in [1.165, 1.54) is 6.07 Å². The zero-order chi connectivity index (χ0) is 20.4. The van der Waals surface area contributed by atoms with Gasteiger partial charge < -0.3 is 16.0 Å². The lowest BCUT2D eigenvalue weighted by molar-refractivity contribution is -0.116. The highest BCUT2D eigenvalue weighted by Gasteiger charge is 2.07. The molecular weight excluding hydrogens is 504 g/mol. The Morgan fingerprint density at radius 2 is 2.00 bits per heavy atom. The largest absolute Gasteiger partial charge is 0.356 e. The van der Waals surface area contributed by atoms with Crippen LogP contribution in [0.15, 0.2) is 41.5 Å². The summed E-state index contributed by atoms with van der Waals surface area (Å²) in [4.78, 5) is 20.3. The number of aliphatic imine (C=N–C) groups is 1. The molecular formula is C20H27FIN5OS.